The number of carbonyl (C=O) groups is 1. The van der Waals surface area contributed by atoms with E-state index in [1.807, 2.05) is 6.92 Å². The zero-order valence-corrected chi connectivity index (χ0v) is 13.8. The molecule has 1 aromatic rings. The van der Waals surface area contributed by atoms with Crippen molar-refractivity contribution >= 4 is 34.1 Å². The Morgan fingerprint density at radius 3 is 2.65 bits per heavy atom. The van der Waals surface area contributed by atoms with Crippen LogP contribution in [0, 0.1) is 0 Å². The number of nitrogens with one attached hydrogen (secondary N) is 2. The molecule has 1 aliphatic carbocycles. The summed E-state index contributed by atoms with van der Waals surface area (Å²) in [5.41, 5.74) is 0. The standard InChI is InChI=1S/C13H22N4OS2/c1-8(2)14-12-16-17-13(20-12)19-9(3)11(18)15-10-6-4-5-7-10/h8-10H,4-7H2,1-3H3,(H,14,16)(H,15,18). The summed E-state index contributed by atoms with van der Waals surface area (Å²) in [5.74, 6) is 0.107. The van der Waals surface area contributed by atoms with Gasteiger partial charge in [0, 0.05) is 12.1 Å². The molecule has 1 heterocycles. The Hall–Kier alpha value is -0.820. The number of carbonyl (C=O) groups excluding carboxylic acids is 1. The highest BCUT2D eigenvalue weighted by molar-refractivity contribution is 8.02. The van der Waals surface area contributed by atoms with Crippen LogP contribution in [0.1, 0.15) is 46.5 Å². The highest BCUT2D eigenvalue weighted by Crippen LogP contribution is 2.29. The highest BCUT2D eigenvalue weighted by atomic mass is 32.2. The van der Waals surface area contributed by atoms with Gasteiger partial charge in [-0.25, -0.2) is 0 Å². The third kappa shape index (κ3) is 4.63. The lowest BCUT2D eigenvalue weighted by atomic mass is 10.2. The van der Waals surface area contributed by atoms with Gasteiger partial charge in [0.1, 0.15) is 0 Å². The van der Waals surface area contributed by atoms with Crippen LogP contribution < -0.4 is 10.6 Å². The topological polar surface area (TPSA) is 66.9 Å². The molecule has 2 N–H and O–H groups in total. The smallest absolute Gasteiger partial charge is 0.233 e. The summed E-state index contributed by atoms with van der Waals surface area (Å²) >= 11 is 2.98. The molecular formula is C13H22N4OS2. The van der Waals surface area contributed by atoms with Crippen LogP contribution in [0.25, 0.3) is 0 Å². The van der Waals surface area contributed by atoms with E-state index in [4.69, 9.17) is 0 Å². The van der Waals surface area contributed by atoms with Gasteiger partial charge in [0.25, 0.3) is 0 Å². The van der Waals surface area contributed by atoms with E-state index >= 15 is 0 Å². The lowest BCUT2D eigenvalue weighted by molar-refractivity contribution is -0.120. The molecule has 112 valence electrons. The Morgan fingerprint density at radius 2 is 2.00 bits per heavy atom. The molecule has 1 aliphatic rings. The van der Waals surface area contributed by atoms with Crippen molar-refractivity contribution in [3.8, 4) is 0 Å². The summed E-state index contributed by atoms with van der Waals surface area (Å²) < 4.78 is 0.835. The average molecular weight is 314 g/mol. The molecule has 1 aromatic heterocycles. The Morgan fingerprint density at radius 1 is 1.30 bits per heavy atom. The fourth-order valence-corrected chi connectivity index (χ4v) is 4.21. The van der Waals surface area contributed by atoms with Crippen LogP contribution in [0.3, 0.4) is 0 Å². The number of hydrogen-bond acceptors (Lipinski definition) is 6. The van der Waals surface area contributed by atoms with Crippen LogP contribution in [0.15, 0.2) is 4.34 Å². The van der Waals surface area contributed by atoms with Gasteiger partial charge in [-0.2, -0.15) is 0 Å². The van der Waals surface area contributed by atoms with Gasteiger partial charge in [-0.15, -0.1) is 10.2 Å². The van der Waals surface area contributed by atoms with Gasteiger partial charge < -0.3 is 10.6 Å². The number of amides is 1. The van der Waals surface area contributed by atoms with Crippen LogP contribution in [-0.2, 0) is 4.79 Å². The third-order valence-corrected chi connectivity index (χ3v) is 5.21. The number of aromatic nitrogens is 2. The molecule has 5 nitrogen and oxygen atoms in total. The Labute approximate surface area is 128 Å². The third-order valence-electron chi connectivity index (χ3n) is 3.17. The Bertz CT molecular complexity index is 443. The minimum absolute atomic E-state index is 0.107. The SMILES string of the molecule is CC(C)Nc1nnc(SC(C)C(=O)NC2CCCC2)s1. The molecule has 1 atom stereocenters. The molecule has 7 heteroatoms. The first-order valence-electron chi connectivity index (χ1n) is 7.11. The molecule has 0 aliphatic heterocycles. The summed E-state index contributed by atoms with van der Waals surface area (Å²) in [7, 11) is 0. The molecule has 1 unspecified atom stereocenters. The summed E-state index contributed by atoms with van der Waals surface area (Å²) in [6, 6.07) is 0.710. The zero-order valence-electron chi connectivity index (χ0n) is 12.2. The monoisotopic (exact) mass is 314 g/mol. The van der Waals surface area contributed by atoms with E-state index in [-0.39, 0.29) is 11.2 Å². The number of nitrogens with zero attached hydrogens (tertiary/aromatic N) is 2. The predicted octanol–water partition coefficient (Wildman–Crippen LogP) is 2.90. The molecule has 1 amide bonds. The quantitative estimate of drug-likeness (QED) is 0.790. The van der Waals surface area contributed by atoms with E-state index in [1.54, 1.807) is 0 Å². The van der Waals surface area contributed by atoms with E-state index in [0.717, 1.165) is 22.3 Å². The second-order valence-corrected chi connectivity index (χ2v) is 7.99. The Kier molecular flexibility index (Phi) is 5.65. The van der Waals surface area contributed by atoms with E-state index < -0.39 is 0 Å². The summed E-state index contributed by atoms with van der Waals surface area (Å²) in [4.78, 5) is 12.1. The Balaban J connectivity index is 1.82. The fourth-order valence-electron chi connectivity index (χ4n) is 2.16. The van der Waals surface area contributed by atoms with Gasteiger partial charge in [0.15, 0.2) is 4.34 Å². The van der Waals surface area contributed by atoms with Gasteiger partial charge >= 0.3 is 0 Å². The van der Waals surface area contributed by atoms with Gasteiger partial charge in [-0.1, -0.05) is 35.9 Å². The van der Waals surface area contributed by atoms with Crippen LogP contribution in [0.4, 0.5) is 5.13 Å². The molecule has 0 spiro atoms. The number of rotatable bonds is 6. The first-order valence-corrected chi connectivity index (χ1v) is 8.81. The van der Waals surface area contributed by atoms with E-state index in [2.05, 4.69) is 34.7 Å². The number of thioether (sulfide) groups is 1. The van der Waals surface area contributed by atoms with Crippen LogP contribution in [0.2, 0.25) is 0 Å². The van der Waals surface area contributed by atoms with Gasteiger partial charge in [0.05, 0.1) is 5.25 Å². The second-order valence-electron chi connectivity index (χ2n) is 5.42. The molecule has 0 bridgehead atoms. The van der Waals surface area contributed by atoms with Crippen molar-refractivity contribution in [2.75, 3.05) is 5.32 Å². The second kappa shape index (κ2) is 7.26. The lowest BCUT2D eigenvalue weighted by Gasteiger charge is -2.15. The van der Waals surface area contributed by atoms with E-state index in [1.165, 1.54) is 35.9 Å². The molecule has 1 saturated carbocycles. The summed E-state index contributed by atoms with van der Waals surface area (Å²) in [6.45, 7) is 6.05. The van der Waals surface area contributed by atoms with Crippen molar-refractivity contribution in [3.05, 3.63) is 0 Å². The first kappa shape index (κ1) is 15.6. The van der Waals surface area contributed by atoms with Crippen molar-refractivity contribution in [3.63, 3.8) is 0 Å². The summed E-state index contributed by atoms with van der Waals surface area (Å²) in [5, 5.41) is 15.2. The fraction of sp³-hybridized carbons (Fsp3) is 0.769. The minimum Gasteiger partial charge on any atom is -0.358 e. The maximum atomic E-state index is 12.1. The first-order chi connectivity index (χ1) is 9.54. The average Bonchev–Trinajstić information content (AvgIpc) is 3.00. The van der Waals surface area contributed by atoms with Crippen LogP contribution in [-0.4, -0.2) is 33.4 Å². The van der Waals surface area contributed by atoms with Crippen LogP contribution >= 0.6 is 23.1 Å². The molecular weight excluding hydrogens is 292 g/mol. The zero-order chi connectivity index (χ0) is 14.5. The van der Waals surface area contributed by atoms with Crippen molar-refractivity contribution < 1.29 is 4.79 Å². The normalized spacial score (nSPS) is 17.4. The lowest BCUT2D eigenvalue weighted by Crippen LogP contribution is -2.37. The predicted molar refractivity (Wildman–Crippen MR) is 84.4 cm³/mol. The van der Waals surface area contributed by atoms with Gasteiger partial charge in [-0.3, -0.25) is 4.79 Å². The van der Waals surface area contributed by atoms with Crippen LogP contribution in [0.5, 0.6) is 0 Å². The molecule has 0 radical (unpaired) electrons. The van der Waals surface area contributed by atoms with Gasteiger partial charge in [-0.05, 0) is 33.6 Å². The van der Waals surface area contributed by atoms with Gasteiger partial charge in [0.2, 0.25) is 11.0 Å². The summed E-state index contributed by atoms with van der Waals surface area (Å²) in [6.07, 6.45) is 4.69. The molecule has 20 heavy (non-hydrogen) atoms. The molecule has 2 rings (SSSR count). The van der Waals surface area contributed by atoms with E-state index in [9.17, 15) is 4.79 Å². The molecule has 1 fully saturated rings. The van der Waals surface area contributed by atoms with Crippen molar-refractivity contribution in [1.82, 2.24) is 15.5 Å². The number of anilines is 1. The molecule has 0 saturated heterocycles. The van der Waals surface area contributed by atoms with E-state index in [0.29, 0.717) is 12.1 Å². The maximum absolute atomic E-state index is 12.1. The van der Waals surface area contributed by atoms with Crippen molar-refractivity contribution in [1.29, 1.82) is 0 Å². The maximum Gasteiger partial charge on any atom is 0.233 e. The van der Waals surface area contributed by atoms with Crippen molar-refractivity contribution in [2.45, 2.75) is 68.1 Å². The largest absolute Gasteiger partial charge is 0.358 e. The van der Waals surface area contributed by atoms with Crippen molar-refractivity contribution in [2.24, 2.45) is 0 Å². The minimum atomic E-state index is -0.129. The highest BCUT2D eigenvalue weighted by Gasteiger charge is 2.22. The number of hydrogen-bond donors (Lipinski definition) is 2. The molecule has 0 aromatic carbocycles.